The van der Waals surface area contributed by atoms with Gasteiger partial charge in [-0.05, 0) is 19.9 Å². The highest BCUT2D eigenvalue weighted by atomic mass is 32.1. The van der Waals surface area contributed by atoms with Gasteiger partial charge < -0.3 is 24.8 Å². The van der Waals surface area contributed by atoms with Crippen LogP contribution in [0.2, 0.25) is 0 Å². The minimum atomic E-state index is -0.00741. The van der Waals surface area contributed by atoms with Gasteiger partial charge in [0.15, 0.2) is 17.5 Å². The standard InChI is InChI=1S/C19H28N4O3S/c1-6-20-19(21-10-14-8-7-9-16(26-5)17(14)24)23(3)11-15-12-27-18(22-15)13(2)25-4/h7-9,12-13,24H,6,10-11H2,1-5H3,(H,20,21). The molecule has 1 atom stereocenters. The predicted octanol–water partition coefficient (Wildman–Crippen LogP) is 3.16. The molecule has 2 aromatic rings. The quantitative estimate of drug-likeness (QED) is 0.531. The highest BCUT2D eigenvalue weighted by molar-refractivity contribution is 7.09. The summed E-state index contributed by atoms with van der Waals surface area (Å²) in [6, 6.07) is 5.40. The lowest BCUT2D eigenvalue weighted by Gasteiger charge is -2.21. The van der Waals surface area contributed by atoms with Gasteiger partial charge in [-0.15, -0.1) is 11.3 Å². The first-order valence-electron chi connectivity index (χ1n) is 8.81. The maximum Gasteiger partial charge on any atom is 0.194 e. The fourth-order valence-corrected chi connectivity index (χ4v) is 3.33. The van der Waals surface area contributed by atoms with Crippen LogP contribution in [-0.4, -0.2) is 48.8 Å². The Hall–Kier alpha value is -2.32. The minimum absolute atomic E-state index is 0.00741. The smallest absolute Gasteiger partial charge is 0.194 e. The van der Waals surface area contributed by atoms with E-state index in [4.69, 9.17) is 9.47 Å². The zero-order valence-corrected chi connectivity index (χ0v) is 17.3. The van der Waals surface area contributed by atoms with Crippen LogP contribution in [0, 0.1) is 0 Å². The van der Waals surface area contributed by atoms with Crippen LogP contribution in [0.25, 0.3) is 0 Å². The Kier molecular flexibility index (Phi) is 7.87. The van der Waals surface area contributed by atoms with Crippen molar-refractivity contribution >= 4 is 17.3 Å². The van der Waals surface area contributed by atoms with Gasteiger partial charge in [0, 0.05) is 31.6 Å². The second kappa shape index (κ2) is 10.1. The van der Waals surface area contributed by atoms with E-state index in [1.165, 1.54) is 7.11 Å². The first kappa shape index (κ1) is 21.0. The van der Waals surface area contributed by atoms with Crippen LogP contribution < -0.4 is 10.1 Å². The van der Waals surface area contributed by atoms with Crippen molar-refractivity contribution < 1.29 is 14.6 Å². The molecule has 0 saturated carbocycles. The average molecular weight is 393 g/mol. The molecule has 7 nitrogen and oxygen atoms in total. The van der Waals surface area contributed by atoms with Gasteiger partial charge in [-0.2, -0.15) is 0 Å². The van der Waals surface area contributed by atoms with Crippen molar-refractivity contribution in [2.45, 2.75) is 33.0 Å². The van der Waals surface area contributed by atoms with Gasteiger partial charge >= 0.3 is 0 Å². The van der Waals surface area contributed by atoms with E-state index >= 15 is 0 Å². The Morgan fingerprint density at radius 1 is 1.41 bits per heavy atom. The molecule has 1 aromatic carbocycles. The number of hydrogen-bond donors (Lipinski definition) is 2. The summed E-state index contributed by atoms with van der Waals surface area (Å²) in [7, 11) is 5.18. The summed E-state index contributed by atoms with van der Waals surface area (Å²) in [6.45, 7) is 5.73. The van der Waals surface area contributed by atoms with Gasteiger partial charge in [-0.1, -0.05) is 12.1 Å². The normalized spacial score (nSPS) is 12.7. The molecule has 2 N–H and O–H groups in total. The molecule has 8 heteroatoms. The summed E-state index contributed by atoms with van der Waals surface area (Å²) in [4.78, 5) is 11.3. The summed E-state index contributed by atoms with van der Waals surface area (Å²) >= 11 is 1.60. The van der Waals surface area contributed by atoms with Crippen molar-refractivity contribution in [2.24, 2.45) is 4.99 Å². The summed E-state index contributed by atoms with van der Waals surface area (Å²) in [5, 5.41) is 16.5. The second-order valence-corrected chi connectivity index (χ2v) is 6.94. The molecular weight excluding hydrogens is 364 g/mol. The lowest BCUT2D eigenvalue weighted by Crippen LogP contribution is -2.38. The van der Waals surface area contributed by atoms with E-state index in [0.29, 0.717) is 24.4 Å². The Balaban J connectivity index is 2.11. The van der Waals surface area contributed by atoms with Gasteiger partial charge in [0.05, 0.1) is 25.9 Å². The number of aromatic nitrogens is 1. The third-order valence-electron chi connectivity index (χ3n) is 4.07. The number of benzene rings is 1. The Labute approximate surface area is 164 Å². The highest BCUT2D eigenvalue weighted by Crippen LogP contribution is 2.29. The average Bonchev–Trinajstić information content (AvgIpc) is 3.13. The van der Waals surface area contributed by atoms with Crippen LogP contribution in [0.15, 0.2) is 28.6 Å². The summed E-state index contributed by atoms with van der Waals surface area (Å²) in [5.41, 5.74) is 1.68. The fourth-order valence-electron chi connectivity index (χ4n) is 2.49. The van der Waals surface area contributed by atoms with E-state index in [0.717, 1.165) is 23.2 Å². The maximum atomic E-state index is 10.2. The van der Waals surface area contributed by atoms with E-state index in [9.17, 15) is 5.11 Å². The van der Waals surface area contributed by atoms with Crippen molar-refractivity contribution in [3.8, 4) is 11.5 Å². The van der Waals surface area contributed by atoms with E-state index in [1.807, 2.05) is 43.3 Å². The first-order chi connectivity index (χ1) is 13.0. The number of ether oxygens (including phenoxy) is 2. The molecule has 148 valence electrons. The molecule has 1 aromatic heterocycles. The van der Waals surface area contributed by atoms with Crippen LogP contribution in [-0.2, 0) is 17.8 Å². The Morgan fingerprint density at radius 3 is 2.85 bits per heavy atom. The lowest BCUT2D eigenvalue weighted by atomic mass is 10.2. The molecular formula is C19H28N4O3S. The third kappa shape index (κ3) is 5.58. The molecule has 0 radical (unpaired) electrons. The van der Waals surface area contributed by atoms with Crippen molar-refractivity contribution in [1.29, 1.82) is 0 Å². The highest BCUT2D eigenvalue weighted by Gasteiger charge is 2.13. The Morgan fingerprint density at radius 2 is 2.19 bits per heavy atom. The van der Waals surface area contributed by atoms with E-state index in [2.05, 4.69) is 15.3 Å². The SMILES string of the molecule is CCNC(=NCc1cccc(OC)c1O)N(C)Cc1csc(C(C)OC)n1. The number of nitrogens with zero attached hydrogens (tertiary/aromatic N) is 3. The maximum absolute atomic E-state index is 10.2. The summed E-state index contributed by atoms with van der Waals surface area (Å²) < 4.78 is 10.5. The minimum Gasteiger partial charge on any atom is -0.504 e. The van der Waals surface area contributed by atoms with Crippen LogP contribution in [0.1, 0.15) is 36.2 Å². The predicted molar refractivity (Wildman–Crippen MR) is 108 cm³/mol. The molecule has 0 bridgehead atoms. The van der Waals surface area contributed by atoms with Crippen LogP contribution >= 0.6 is 11.3 Å². The number of guanidine groups is 1. The van der Waals surface area contributed by atoms with Crippen molar-refractivity contribution in [3.63, 3.8) is 0 Å². The Bertz CT molecular complexity index is 763. The van der Waals surface area contributed by atoms with Crippen molar-refractivity contribution in [1.82, 2.24) is 15.2 Å². The molecule has 27 heavy (non-hydrogen) atoms. The number of phenolic OH excluding ortho intramolecular Hbond substituents is 1. The van der Waals surface area contributed by atoms with Crippen molar-refractivity contribution in [2.75, 3.05) is 27.8 Å². The van der Waals surface area contributed by atoms with Crippen molar-refractivity contribution in [3.05, 3.63) is 39.8 Å². The zero-order valence-electron chi connectivity index (χ0n) is 16.5. The number of aliphatic imine (C=N–C) groups is 1. The second-order valence-electron chi connectivity index (χ2n) is 6.05. The van der Waals surface area contributed by atoms with E-state index in [-0.39, 0.29) is 11.9 Å². The molecule has 1 unspecified atom stereocenters. The molecule has 1 heterocycles. The molecule has 0 saturated heterocycles. The fraction of sp³-hybridized carbons (Fsp3) is 0.474. The zero-order chi connectivity index (χ0) is 19.8. The van der Waals surface area contributed by atoms with Gasteiger partial charge in [0.25, 0.3) is 0 Å². The largest absolute Gasteiger partial charge is 0.504 e. The number of phenols is 1. The van der Waals surface area contributed by atoms with E-state index in [1.54, 1.807) is 24.5 Å². The topological polar surface area (TPSA) is 79.2 Å². The molecule has 0 aliphatic rings. The summed E-state index contributed by atoms with van der Waals surface area (Å²) in [6.07, 6.45) is -0.00741. The number of rotatable bonds is 8. The number of para-hydroxylation sites is 1. The van der Waals surface area contributed by atoms with Crippen LogP contribution in [0.3, 0.4) is 0 Å². The number of aromatic hydroxyl groups is 1. The van der Waals surface area contributed by atoms with Gasteiger partial charge in [-0.3, -0.25) is 0 Å². The molecule has 0 fully saturated rings. The number of thiazole rings is 1. The molecule has 2 rings (SSSR count). The van der Waals surface area contributed by atoms with Gasteiger partial charge in [0.1, 0.15) is 11.1 Å². The molecule has 0 aliphatic heterocycles. The van der Waals surface area contributed by atoms with E-state index < -0.39 is 0 Å². The lowest BCUT2D eigenvalue weighted by molar-refractivity contribution is 0.119. The van der Waals surface area contributed by atoms with Gasteiger partial charge in [-0.25, -0.2) is 9.98 Å². The van der Waals surface area contributed by atoms with Gasteiger partial charge in [0.2, 0.25) is 0 Å². The molecule has 0 spiro atoms. The number of nitrogens with one attached hydrogen (secondary N) is 1. The number of methoxy groups -OCH3 is 2. The number of hydrogen-bond acceptors (Lipinski definition) is 6. The van der Waals surface area contributed by atoms with Crippen LogP contribution in [0.4, 0.5) is 0 Å². The molecule has 0 aliphatic carbocycles. The van der Waals surface area contributed by atoms with Crippen LogP contribution in [0.5, 0.6) is 11.5 Å². The first-order valence-corrected chi connectivity index (χ1v) is 9.69. The molecule has 0 amide bonds. The monoisotopic (exact) mass is 392 g/mol. The third-order valence-corrected chi connectivity index (χ3v) is 5.12. The summed E-state index contributed by atoms with van der Waals surface area (Å²) in [5.74, 6) is 1.32.